The van der Waals surface area contributed by atoms with Crippen LogP contribution in [0.15, 0.2) is 18.2 Å². The predicted octanol–water partition coefficient (Wildman–Crippen LogP) is 1.06. The van der Waals surface area contributed by atoms with Crippen molar-refractivity contribution in [3.8, 4) is 0 Å². The fourth-order valence-electron chi connectivity index (χ4n) is 2.64. The van der Waals surface area contributed by atoms with E-state index in [1.54, 1.807) is 23.1 Å². The molecule has 1 heterocycles. The van der Waals surface area contributed by atoms with Gasteiger partial charge in [0, 0.05) is 35.4 Å². The SMILES string of the molecule is CN(C)CC1CC(O)CN1C(=O)c1cc(N)cc(Cl)c1. The van der Waals surface area contributed by atoms with Gasteiger partial charge in [0.1, 0.15) is 0 Å². The molecule has 110 valence electrons. The fraction of sp³-hybridized carbons (Fsp3) is 0.500. The van der Waals surface area contributed by atoms with E-state index in [0.717, 1.165) is 6.54 Å². The van der Waals surface area contributed by atoms with Crippen LogP contribution in [0.5, 0.6) is 0 Å². The molecule has 0 bridgehead atoms. The summed E-state index contributed by atoms with van der Waals surface area (Å²) >= 11 is 5.94. The number of anilines is 1. The van der Waals surface area contributed by atoms with E-state index < -0.39 is 6.10 Å². The van der Waals surface area contributed by atoms with Gasteiger partial charge in [-0.3, -0.25) is 4.79 Å². The number of carbonyl (C=O) groups is 1. The third-order valence-corrected chi connectivity index (χ3v) is 3.61. The molecule has 1 aromatic rings. The molecule has 6 heteroatoms. The molecule has 5 nitrogen and oxygen atoms in total. The van der Waals surface area contributed by atoms with Crippen LogP contribution >= 0.6 is 11.6 Å². The van der Waals surface area contributed by atoms with Gasteiger partial charge in [-0.15, -0.1) is 0 Å². The molecule has 2 unspecified atom stereocenters. The van der Waals surface area contributed by atoms with Gasteiger partial charge in [-0.25, -0.2) is 0 Å². The fourth-order valence-corrected chi connectivity index (χ4v) is 2.88. The summed E-state index contributed by atoms with van der Waals surface area (Å²) in [6.07, 6.45) is 0.125. The second-order valence-corrected chi connectivity index (χ2v) is 5.97. The van der Waals surface area contributed by atoms with Crippen molar-refractivity contribution < 1.29 is 9.90 Å². The van der Waals surface area contributed by atoms with Crippen LogP contribution in [0.3, 0.4) is 0 Å². The topological polar surface area (TPSA) is 69.8 Å². The third-order valence-electron chi connectivity index (χ3n) is 3.40. The summed E-state index contributed by atoms with van der Waals surface area (Å²) in [6, 6.07) is 4.84. The number of nitrogen functional groups attached to an aromatic ring is 1. The molecule has 2 rings (SSSR count). The van der Waals surface area contributed by atoms with Gasteiger partial charge in [0.15, 0.2) is 0 Å². The van der Waals surface area contributed by atoms with Crippen molar-refractivity contribution in [3.05, 3.63) is 28.8 Å². The standard InChI is InChI=1S/C14H20ClN3O2/c1-17(2)7-12-6-13(19)8-18(12)14(20)9-3-10(15)5-11(16)4-9/h3-5,12-13,19H,6-8,16H2,1-2H3. The van der Waals surface area contributed by atoms with Crippen LogP contribution in [-0.4, -0.2) is 60.1 Å². The van der Waals surface area contributed by atoms with Crippen molar-refractivity contribution in [1.82, 2.24) is 9.80 Å². The number of benzene rings is 1. The molecule has 0 aliphatic carbocycles. The first kappa shape index (κ1) is 15.1. The number of hydrogen-bond donors (Lipinski definition) is 2. The average molecular weight is 298 g/mol. The molecule has 1 saturated heterocycles. The Morgan fingerprint density at radius 3 is 2.80 bits per heavy atom. The number of aliphatic hydroxyl groups is 1. The number of nitrogens with zero attached hydrogens (tertiary/aromatic N) is 2. The van der Waals surface area contributed by atoms with Gasteiger partial charge in [0.05, 0.1) is 6.10 Å². The van der Waals surface area contributed by atoms with Crippen LogP contribution < -0.4 is 5.73 Å². The van der Waals surface area contributed by atoms with Crippen LogP contribution in [0.4, 0.5) is 5.69 Å². The summed E-state index contributed by atoms with van der Waals surface area (Å²) in [7, 11) is 3.90. The maximum Gasteiger partial charge on any atom is 0.254 e. The normalized spacial score (nSPS) is 22.6. The lowest BCUT2D eigenvalue weighted by Crippen LogP contribution is -2.41. The van der Waals surface area contributed by atoms with E-state index in [0.29, 0.717) is 29.2 Å². The Bertz CT molecular complexity index is 487. The number of halogens is 1. The Hall–Kier alpha value is -1.30. The Morgan fingerprint density at radius 2 is 2.20 bits per heavy atom. The molecule has 1 aliphatic heterocycles. The van der Waals surface area contributed by atoms with Gasteiger partial charge >= 0.3 is 0 Å². The average Bonchev–Trinajstić information content (AvgIpc) is 2.67. The second-order valence-electron chi connectivity index (χ2n) is 5.54. The molecule has 1 aliphatic rings. The molecule has 2 atom stereocenters. The number of hydrogen-bond acceptors (Lipinski definition) is 4. The lowest BCUT2D eigenvalue weighted by Gasteiger charge is -2.27. The largest absolute Gasteiger partial charge is 0.399 e. The Kier molecular flexibility index (Phi) is 4.52. The Morgan fingerprint density at radius 1 is 1.50 bits per heavy atom. The molecule has 0 aromatic heterocycles. The van der Waals surface area contributed by atoms with E-state index in [2.05, 4.69) is 0 Å². The van der Waals surface area contributed by atoms with Gasteiger partial charge in [0.2, 0.25) is 0 Å². The van der Waals surface area contributed by atoms with Gasteiger partial charge in [-0.05, 0) is 38.7 Å². The zero-order valence-electron chi connectivity index (χ0n) is 11.7. The number of aliphatic hydroxyl groups excluding tert-OH is 1. The molecular weight excluding hydrogens is 278 g/mol. The minimum absolute atomic E-state index is 0.00714. The summed E-state index contributed by atoms with van der Waals surface area (Å²) in [6.45, 7) is 1.07. The number of likely N-dealkylation sites (N-methyl/N-ethyl adjacent to an activating group) is 1. The lowest BCUT2D eigenvalue weighted by molar-refractivity contribution is 0.0699. The monoisotopic (exact) mass is 297 g/mol. The van der Waals surface area contributed by atoms with Gasteiger partial charge in [0.25, 0.3) is 5.91 Å². The van der Waals surface area contributed by atoms with Crippen LogP contribution in [-0.2, 0) is 0 Å². The number of rotatable bonds is 3. The summed E-state index contributed by atoms with van der Waals surface area (Å²) < 4.78 is 0. The number of likely N-dealkylation sites (tertiary alicyclic amines) is 1. The molecule has 1 amide bonds. The lowest BCUT2D eigenvalue weighted by atomic mass is 10.1. The number of nitrogens with two attached hydrogens (primary N) is 1. The van der Waals surface area contributed by atoms with E-state index in [1.165, 1.54) is 0 Å². The first-order valence-corrected chi connectivity index (χ1v) is 6.94. The molecule has 20 heavy (non-hydrogen) atoms. The summed E-state index contributed by atoms with van der Waals surface area (Å²) in [5.41, 5.74) is 6.65. The molecule has 0 saturated carbocycles. The van der Waals surface area contributed by atoms with Crippen LogP contribution in [0, 0.1) is 0 Å². The zero-order chi connectivity index (χ0) is 14.9. The zero-order valence-corrected chi connectivity index (χ0v) is 12.5. The van der Waals surface area contributed by atoms with Gasteiger partial charge < -0.3 is 20.6 Å². The smallest absolute Gasteiger partial charge is 0.254 e. The first-order chi connectivity index (χ1) is 9.36. The summed E-state index contributed by atoms with van der Waals surface area (Å²) in [4.78, 5) is 16.3. The van der Waals surface area contributed by atoms with E-state index >= 15 is 0 Å². The van der Waals surface area contributed by atoms with Crippen LogP contribution in [0.2, 0.25) is 5.02 Å². The molecule has 1 aromatic carbocycles. The maximum absolute atomic E-state index is 12.6. The minimum atomic E-state index is -0.472. The van der Waals surface area contributed by atoms with E-state index in [4.69, 9.17) is 17.3 Å². The van der Waals surface area contributed by atoms with Crippen molar-refractivity contribution in [3.63, 3.8) is 0 Å². The molecule has 1 fully saturated rings. The van der Waals surface area contributed by atoms with Crippen LogP contribution in [0.1, 0.15) is 16.8 Å². The highest BCUT2D eigenvalue weighted by Crippen LogP contribution is 2.24. The maximum atomic E-state index is 12.6. The van der Waals surface area contributed by atoms with Crippen molar-refractivity contribution in [2.45, 2.75) is 18.6 Å². The Balaban J connectivity index is 2.22. The number of β-amino-alcohol motifs (C(OH)–C–C–N with tert-alkyl or cyclic N) is 1. The molecule has 0 spiro atoms. The first-order valence-electron chi connectivity index (χ1n) is 6.56. The highest BCUT2D eigenvalue weighted by atomic mass is 35.5. The summed E-state index contributed by atoms with van der Waals surface area (Å²) in [5, 5.41) is 10.3. The second kappa shape index (κ2) is 5.99. The molecular formula is C14H20ClN3O2. The highest BCUT2D eigenvalue weighted by molar-refractivity contribution is 6.31. The molecule has 0 radical (unpaired) electrons. The molecule has 3 N–H and O–H groups in total. The predicted molar refractivity (Wildman–Crippen MR) is 79.9 cm³/mol. The van der Waals surface area contributed by atoms with E-state index in [-0.39, 0.29) is 11.9 Å². The minimum Gasteiger partial charge on any atom is -0.399 e. The van der Waals surface area contributed by atoms with E-state index in [9.17, 15) is 9.90 Å². The number of carbonyl (C=O) groups excluding carboxylic acids is 1. The Labute approximate surface area is 123 Å². The van der Waals surface area contributed by atoms with Crippen molar-refractivity contribution in [2.75, 3.05) is 32.9 Å². The van der Waals surface area contributed by atoms with Gasteiger partial charge in [-0.2, -0.15) is 0 Å². The summed E-state index contributed by atoms with van der Waals surface area (Å²) in [5.74, 6) is -0.136. The van der Waals surface area contributed by atoms with Gasteiger partial charge in [-0.1, -0.05) is 11.6 Å². The van der Waals surface area contributed by atoms with Crippen molar-refractivity contribution in [1.29, 1.82) is 0 Å². The highest BCUT2D eigenvalue weighted by Gasteiger charge is 2.35. The van der Waals surface area contributed by atoms with Crippen molar-refractivity contribution in [2.24, 2.45) is 0 Å². The van der Waals surface area contributed by atoms with E-state index in [1.807, 2.05) is 19.0 Å². The van der Waals surface area contributed by atoms with Crippen LogP contribution in [0.25, 0.3) is 0 Å². The number of amides is 1. The quantitative estimate of drug-likeness (QED) is 0.819. The third kappa shape index (κ3) is 3.42. The van der Waals surface area contributed by atoms with Crippen molar-refractivity contribution >= 4 is 23.2 Å².